The maximum Gasteiger partial charge on any atom is 0.144 e. The number of aryl methyl sites for hydroxylation is 1. The van der Waals surface area contributed by atoms with Crippen LogP contribution in [0.5, 0.6) is 5.75 Å². The fraction of sp³-hybridized carbons (Fsp3) is 0.316. The second-order valence-electron chi connectivity index (χ2n) is 6.51. The molecule has 0 spiro atoms. The van der Waals surface area contributed by atoms with Crippen LogP contribution in [0.25, 0.3) is 0 Å². The van der Waals surface area contributed by atoms with Crippen LogP contribution in [0.4, 0.5) is 4.39 Å². The highest BCUT2D eigenvalue weighted by molar-refractivity contribution is 7.82. The zero-order valence-corrected chi connectivity index (χ0v) is 15.1. The Kier molecular flexibility index (Phi) is 5.37. The van der Waals surface area contributed by atoms with Gasteiger partial charge in [0.25, 0.3) is 0 Å². The average molecular weight is 374 g/mol. The number of hydrogen-bond acceptors (Lipinski definition) is 4. The van der Waals surface area contributed by atoms with Gasteiger partial charge in [0.2, 0.25) is 0 Å². The standard InChI is InChI=1S/C19H19FN2O3S/c1-14-4-2-3-5-18(14)26(24)22-10-19(11-22,12-23)13-25-16-7-6-15(9-21)17(20)8-16/h2-8,23H,10-13H2,1H3. The van der Waals surface area contributed by atoms with Gasteiger partial charge in [0.15, 0.2) is 0 Å². The largest absolute Gasteiger partial charge is 0.493 e. The predicted molar refractivity (Wildman–Crippen MR) is 95.3 cm³/mol. The molecule has 1 atom stereocenters. The topological polar surface area (TPSA) is 73.6 Å². The van der Waals surface area contributed by atoms with Crippen LogP contribution in [0.1, 0.15) is 11.1 Å². The molecule has 1 fully saturated rings. The summed E-state index contributed by atoms with van der Waals surface area (Å²) in [6.45, 7) is 2.81. The summed E-state index contributed by atoms with van der Waals surface area (Å²) < 4.78 is 33.7. The van der Waals surface area contributed by atoms with Gasteiger partial charge in [0, 0.05) is 19.2 Å². The third-order valence-corrected chi connectivity index (χ3v) is 6.04. The quantitative estimate of drug-likeness (QED) is 0.843. The minimum Gasteiger partial charge on any atom is -0.493 e. The lowest BCUT2D eigenvalue weighted by Gasteiger charge is -2.47. The van der Waals surface area contributed by atoms with Crippen molar-refractivity contribution in [3.63, 3.8) is 0 Å². The van der Waals surface area contributed by atoms with E-state index in [0.29, 0.717) is 18.8 Å². The molecule has 136 valence electrons. The van der Waals surface area contributed by atoms with Crippen molar-refractivity contribution >= 4 is 11.0 Å². The van der Waals surface area contributed by atoms with Crippen LogP contribution in [0, 0.1) is 29.5 Å². The molecule has 5 nitrogen and oxygen atoms in total. The van der Waals surface area contributed by atoms with Crippen molar-refractivity contribution in [1.29, 1.82) is 5.26 Å². The molecule has 1 saturated heterocycles. The van der Waals surface area contributed by atoms with E-state index in [0.717, 1.165) is 16.5 Å². The number of rotatable bonds is 6. The van der Waals surface area contributed by atoms with Gasteiger partial charge in [-0.05, 0) is 30.7 Å². The smallest absolute Gasteiger partial charge is 0.144 e. The van der Waals surface area contributed by atoms with Crippen LogP contribution in [0.2, 0.25) is 0 Å². The first-order chi connectivity index (χ1) is 12.5. The molecule has 2 aromatic carbocycles. The van der Waals surface area contributed by atoms with Crippen molar-refractivity contribution in [2.45, 2.75) is 11.8 Å². The van der Waals surface area contributed by atoms with Crippen LogP contribution in [0.15, 0.2) is 47.4 Å². The summed E-state index contributed by atoms with van der Waals surface area (Å²) in [5.41, 5.74) is 0.372. The maximum atomic E-state index is 13.6. The molecule has 1 unspecified atom stereocenters. The van der Waals surface area contributed by atoms with Crippen molar-refractivity contribution in [3.05, 3.63) is 59.4 Å². The lowest BCUT2D eigenvalue weighted by atomic mass is 9.83. The van der Waals surface area contributed by atoms with Gasteiger partial charge < -0.3 is 9.84 Å². The van der Waals surface area contributed by atoms with Crippen molar-refractivity contribution in [1.82, 2.24) is 4.31 Å². The fourth-order valence-electron chi connectivity index (χ4n) is 2.86. The van der Waals surface area contributed by atoms with Gasteiger partial charge in [-0.25, -0.2) is 12.9 Å². The molecule has 0 radical (unpaired) electrons. The zero-order chi connectivity index (χ0) is 18.7. The number of nitriles is 1. The highest BCUT2D eigenvalue weighted by atomic mass is 32.2. The summed E-state index contributed by atoms with van der Waals surface area (Å²) in [5, 5.41) is 18.5. The number of aliphatic hydroxyl groups is 1. The van der Waals surface area contributed by atoms with Gasteiger partial charge in [-0.3, -0.25) is 0 Å². The van der Waals surface area contributed by atoms with Crippen LogP contribution < -0.4 is 4.74 Å². The first kappa shape index (κ1) is 18.5. The second-order valence-corrected chi connectivity index (χ2v) is 7.97. The number of ether oxygens (including phenoxy) is 1. The molecule has 1 aliphatic rings. The van der Waals surface area contributed by atoms with Gasteiger partial charge in [-0.1, -0.05) is 18.2 Å². The molecule has 0 aromatic heterocycles. The average Bonchev–Trinajstić information content (AvgIpc) is 2.61. The zero-order valence-electron chi connectivity index (χ0n) is 14.3. The summed E-state index contributed by atoms with van der Waals surface area (Å²) in [6.07, 6.45) is 0. The van der Waals surface area contributed by atoms with Gasteiger partial charge in [-0.15, -0.1) is 0 Å². The van der Waals surface area contributed by atoms with E-state index in [1.165, 1.54) is 12.1 Å². The van der Waals surface area contributed by atoms with E-state index in [-0.39, 0.29) is 18.8 Å². The minimum absolute atomic E-state index is 0.0438. The van der Waals surface area contributed by atoms with Gasteiger partial charge in [0.05, 0.1) is 29.1 Å². The molecule has 1 aliphatic heterocycles. The second kappa shape index (κ2) is 7.54. The van der Waals surface area contributed by atoms with E-state index in [1.54, 1.807) is 10.4 Å². The molecular formula is C19H19FN2O3S. The van der Waals surface area contributed by atoms with Gasteiger partial charge in [0.1, 0.15) is 28.6 Å². The van der Waals surface area contributed by atoms with Crippen molar-refractivity contribution in [2.75, 3.05) is 26.3 Å². The van der Waals surface area contributed by atoms with E-state index in [2.05, 4.69) is 0 Å². The van der Waals surface area contributed by atoms with Crippen LogP contribution >= 0.6 is 0 Å². The Morgan fingerprint density at radius 1 is 1.35 bits per heavy atom. The molecule has 0 saturated carbocycles. The highest BCUT2D eigenvalue weighted by Gasteiger charge is 2.46. The Labute approximate surface area is 154 Å². The molecule has 0 bridgehead atoms. The Balaban J connectivity index is 1.62. The van der Waals surface area contributed by atoms with Gasteiger partial charge in [-0.2, -0.15) is 5.26 Å². The molecule has 0 aliphatic carbocycles. The molecule has 1 N–H and O–H groups in total. The minimum atomic E-state index is -1.29. The Morgan fingerprint density at radius 2 is 2.08 bits per heavy atom. The van der Waals surface area contributed by atoms with Crippen LogP contribution in [0.3, 0.4) is 0 Å². The van der Waals surface area contributed by atoms with Crippen LogP contribution in [-0.4, -0.2) is 39.9 Å². The first-order valence-corrected chi connectivity index (χ1v) is 9.24. The Bertz CT molecular complexity index is 875. The summed E-state index contributed by atoms with van der Waals surface area (Å²) in [6, 6.07) is 13.3. The lowest BCUT2D eigenvalue weighted by Crippen LogP contribution is -2.61. The monoisotopic (exact) mass is 374 g/mol. The van der Waals surface area contributed by atoms with E-state index in [4.69, 9.17) is 10.00 Å². The summed E-state index contributed by atoms with van der Waals surface area (Å²) in [4.78, 5) is 0.758. The van der Waals surface area contributed by atoms with E-state index < -0.39 is 22.2 Å². The molecule has 1 heterocycles. The molecule has 26 heavy (non-hydrogen) atoms. The first-order valence-electron chi connectivity index (χ1n) is 8.14. The molecule has 2 aromatic rings. The molecular weight excluding hydrogens is 355 g/mol. The Hall–Kier alpha value is -2.27. The highest BCUT2D eigenvalue weighted by Crippen LogP contribution is 2.34. The normalized spacial score (nSPS) is 17.2. The fourth-order valence-corrected chi connectivity index (χ4v) is 4.46. The summed E-state index contributed by atoms with van der Waals surface area (Å²) >= 11 is 0. The van der Waals surface area contributed by atoms with Crippen LogP contribution in [-0.2, 0) is 11.0 Å². The third-order valence-electron chi connectivity index (χ3n) is 4.48. The van der Waals surface area contributed by atoms with Crippen molar-refractivity contribution < 1.29 is 18.4 Å². The molecule has 7 heteroatoms. The maximum absolute atomic E-state index is 13.6. The molecule has 0 amide bonds. The van der Waals surface area contributed by atoms with Gasteiger partial charge >= 0.3 is 0 Å². The number of nitrogens with zero attached hydrogens (tertiary/aromatic N) is 2. The summed E-state index contributed by atoms with van der Waals surface area (Å²) in [7, 11) is -1.29. The number of aliphatic hydroxyl groups excluding tert-OH is 1. The van der Waals surface area contributed by atoms with Crippen molar-refractivity contribution in [2.24, 2.45) is 5.41 Å². The predicted octanol–water partition coefficient (Wildman–Crippen LogP) is 2.40. The number of benzene rings is 2. The Morgan fingerprint density at radius 3 is 2.69 bits per heavy atom. The third kappa shape index (κ3) is 3.63. The lowest BCUT2D eigenvalue weighted by molar-refractivity contribution is -0.0250. The SMILES string of the molecule is Cc1ccccc1S(=O)N1CC(CO)(COc2ccc(C#N)c(F)c2)C1. The number of halogens is 1. The molecule has 3 rings (SSSR count). The van der Waals surface area contributed by atoms with E-state index >= 15 is 0 Å². The number of hydrogen-bond donors (Lipinski definition) is 1. The van der Waals surface area contributed by atoms with E-state index in [9.17, 15) is 13.7 Å². The summed E-state index contributed by atoms with van der Waals surface area (Å²) in [5.74, 6) is -0.341. The van der Waals surface area contributed by atoms with Crippen molar-refractivity contribution in [3.8, 4) is 11.8 Å². The van der Waals surface area contributed by atoms with E-state index in [1.807, 2.05) is 31.2 Å².